The van der Waals surface area contributed by atoms with Gasteiger partial charge in [0.15, 0.2) is 11.6 Å². The van der Waals surface area contributed by atoms with E-state index in [0.717, 1.165) is 9.80 Å². The number of ketones is 2. The van der Waals surface area contributed by atoms with E-state index >= 15 is 0 Å². The maximum absolute atomic E-state index is 12.3. The minimum atomic E-state index is -0.507. The van der Waals surface area contributed by atoms with Gasteiger partial charge in [-0.2, -0.15) is 0 Å². The molecule has 0 aromatic heterocycles. The maximum atomic E-state index is 12.3. The molecule has 0 saturated carbocycles. The summed E-state index contributed by atoms with van der Waals surface area (Å²) in [5.74, 6) is 0.00627. The van der Waals surface area contributed by atoms with Gasteiger partial charge >= 0.3 is 0 Å². The number of benzene rings is 2. The molecule has 1 heterocycles. The Bertz CT molecular complexity index is 928. The SMILES string of the molecule is O=C1C=C(SCC(=O)c2ccc([N+](=O)[O-])cc2)S[C@@H](c2ccccc2Cl)C1. The lowest BCUT2D eigenvalue weighted by atomic mass is 10.1. The van der Waals surface area contributed by atoms with Crippen molar-refractivity contribution in [3.63, 3.8) is 0 Å². The number of thioether (sulfide) groups is 2. The molecule has 0 bridgehead atoms. The summed E-state index contributed by atoms with van der Waals surface area (Å²) in [4.78, 5) is 34.6. The summed E-state index contributed by atoms with van der Waals surface area (Å²) in [5, 5.41) is 11.2. The second-order valence-corrected chi connectivity index (χ2v) is 8.71. The Kier molecular flexibility index (Phi) is 6.36. The van der Waals surface area contributed by atoms with Crippen LogP contribution in [0.1, 0.15) is 27.6 Å². The molecule has 0 fully saturated rings. The summed E-state index contributed by atoms with van der Waals surface area (Å²) in [6.07, 6.45) is 1.93. The molecule has 138 valence electrons. The summed E-state index contributed by atoms with van der Waals surface area (Å²) >= 11 is 9.06. The third kappa shape index (κ3) is 5.00. The molecular formula is C19H14ClNO4S2. The average Bonchev–Trinajstić information content (AvgIpc) is 2.66. The van der Waals surface area contributed by atoms with Crippen LogP contribution >= 0.6 is 35.1 Å². The second kappa shape index (κ2) is 8.73. The van der Waals surface area contributed by atoms with Gasteiger partial charge < -0.3 is 0 Å². The van der Waals surface area contributed by atoms with Crippen molar-refractivity contribution in [2.24, 2.45) is 0 Å². The highest BCUT2D eigenvalue weighted by Gasteiger charge is 2.25. The fraction of sp³-hybridized carbons (Fsp3) is 0.158. The Morgan fingerprint density at radius 2 is 1.93 bits per heavy atom. The Morgan fingerprint density at radius 1 is 1.22 bits per heavy atom. The zero-order valence-electron chi connectivity index (χ0n) is 14.0. The third-order valence-corrected chi connectivity index (χ3v) is 6.77. The first-order chi connectivity index (χ1) is 12.9. The molecular weight excluding hydrogens is 406 g/mol. The number of halogens is 1. The van der Waals surface area contributed by atoms with Crippen LogP contribution in [0, 0.1) is 10.1 Å². The highest BCUT2D eigenvalue weighted by molar-refractivity contribution is 8.22. The first-order valence-corrected chi connectivity index (χ1v) is 10.2. The molecule has 0 spiro atoms. The zero-order chi connectivity index (χ0) is 19.4. The van der Waals surface area contributed by atoms with Gasteiger partial charge in [0.1, 0.15) is 0 Å². The molecule has 3 rings (SSSR count). The molecule has 27 heavy (non-hydrogen) atoms. The number of nitro groups is 1. The number of carbonyl (C=O) groups is 2. The van der Waals surface area contributed by atoms with Crippen molar-refractivity contribution in [3.8, 4) is 0 Å². The van der Waals surface area contributed by atoms with E-state index in [1.165, 1.54) is 47.8 Å². The van der Waals surface area contributed by atoms with E-state index in [4.69, 9.17) is 11.6 Å². The molecule has 2 aromatic carbocycles. The lowest BCUT2D eigenvalue weighted by molar-refractivity contribution is -0.384. The smallest absolute Gasteiger partial charge is 0.269 e. The van der Waals surface area contributed by atoms with Gasteiger partial charge in [0.25, 0.3) is 5.69 Å². The number of rotatable bonds is 6. The van der Waals surface area contributed by atoms with Crippen molar-refractivity contribution < 1.29 is 14.5 Å². The van der Waals surface area contributed by atoms with Crippen molar-refractivity contribution in [2.45, 2.75) is 11.7 Å². The van der Waals surface area contributed by atoms with Crippen molar-refractivity contribution in [1.82, 2.24) is 0 Å². The predicted molar refractivity (Wildman–Crippen MR) is 109 cm³/mol. The van der Waals surface area contributed by atoms with Crippen LogP contribution in [0.5, 0.6) is 0 Å². The van der Waals surface area contributed by atoms with Crippen molar-refractivity contribution in [2.75, 3.05) is 5.75 Å². The molecule has 0 radical (unpaired) electrons. The number of hydrogen-bond donors (Lipinski definition) is 0. The summed E-state index contributed by atoms with van der Waals surface area (Å²) in [6.45, 7) is 0. The molecule has 0 amide bonds. The number of Topliss-reactive ketones (excluding diaryl/α,β-unsaturated/α-hetero) is 1. The Hall–Kier alpha value is -2.09. The van der Waals surface area contributed by atoms with Gasteiger partial charge in [0, 0.05) is 44.7 Å². The van der Waals surface area contributed by atoms with Gasteiger partial charge in [-0.1, -0.05) is 29.8 Å². The average molecular weight is 420 g/mol. The zero-order valence-corrected chi connectivity index (χ0v) is 16.4. The first-order valence-electron chi connectivity index (χ1n) is 8.00. The molecule has 0 N–H and O–H groups in total. The number of allylic oxidation sites excluding steroid dienone is 1. The van der Waals surface area contributed by atoms with E-state index < -0.39 is 4.92 Å². The predicted octanol–water partition coefficient (Wildman–Crippen LogP) is 5.45. The minimum Gasteiger partial charge on any atom is -0.295 e. The minimum absolute atomic E-state index is 0.00366. The quantitative estimate of drug-likeness (QED) is 0.352. The van der Waals surface area contributed by atoms with Gasteiger partial charge in [-0.25, -0.2) is 0 Å². The summed E-state index contributed by atoms with van der Waals surface area (Å²) in [6, 6.07) is 12.9. The molecule has 1 aliphatic heterocycles. The van der Waals surface area contributed by atoms with Crippen molar-refractivity contribution >= 4 is 52.4 Å². The summed E-state index contributed by atoms with van der Waals surface area (Å²) in [5.41, 5.74) is 1.26. The maximum Gasteiger partial charge on any atom is 0.269 e. The van der Waals surface area contributed by atoms with Crippen LogP contribution in [-0.2, 0) is 4.79 Å². The van der Waals surface area contributed by atoms with E-state index in [1.807, 2.05) is 18.2 Å². The van der Waals surface area contributed by atoms with Gasteiger partial charge in [0.2, 0.25) is 0 Å². The van der Waals surface area contributed by atoms with Crippen LogP contribution < -0.4 is 0 Å². The van der Waals surface area contributed by atoms with Crippen LogP contribution in [0.4, 0.5) is 5.69 Å². The second-order valence-electron chi connectivity index (χ2n) is 5.78. The fourth-order valence-corrected chi connectivity index (χ4v) is 5.41. The number of non-ortho nitro benzene ring substituents is 1. The van der Waals surface area contributed by atoms with Crippen LogP contribution in [0.3, 0.4) is 0 Å². The van der Waals surface area contributed by atoms with E-state index in [-0.39, 0.29) is 28.3 Å². The first kappa shape index (κ1) is 19.7. The number of nitro benzene ring substituents is 1. The highest BCUT2D eigenvalue weighted by atomic mass is 35.5. The van der Waals surface area contributed by atoms with Crippen LogP contribution in [0.15, 0.2) is 58.8 Å². The fourth-order valence-electron chi connectivity index (χ4n) is 2.56. The molecule has 2 aromatic rings. The van der Waals surface area contributed by atoms with Gasteiger partial charge in [-0.15, -0.1) is 23.5 Å². The lowest BCUT2D eigenvalue weighted by Gasteiger charge is -2.22. The topological polar surface area (TPSA) is 77.3 Å². The standard InChI is InChI=1S/C19H14ClNO4S2/c20-16-4-2-1-3-15(16)18-9-14(22)10-19(27-18)26-11-17(23)12-5-7-13(8-6-12)21(24)25/h1-8,10,18H,9,11H2/t18-/m1/s1. The highest BCUT2D eigenvalue weighted by Crippen LogP contribution is 2.47. The molecule has 5 nitrogen and oxygen atoms in total. The van der Waals surface area contributed by atoms with E-state index in [0.29, 0.717) is 17.0 Å². The Morgan fingerprint density at radius 3 is 2.59 bits per heavy atom. The number of nitrogens with zero attached hydrogens (tertiary/aromatic N) is 1. The normalized spacial score (nSPS) is 16.7. The molecule has 8 heteroatoms. The summed E-state index contributed by atoms with van der Waals surface area (Å²) < 4.78 is 0.770. The van der Waals surface area contributed by atoms with Gasteiger partial charge in [-0.05, 0) is 23.8 Å². The van der Waals surface area contributed by atoms with Crippen molar-refractivity contribution in [3.05, 3.63) is 85.1 Å². The summed E-state index contributed by atoms with van der Waals surface area (Å²) in [7, 11) is 0. The van der Waals surface area contributed by atoms with E-state index in [1.54, 1.807) is 12.1 Å². The largest absolute Gasteiger partial charge is 0.295 e. The third-order valence-electron chi connectivity index (χ3n) is 3.92. The van der Waals surface area contributed by atoms with Crippen molar-refractivity contribution in [1.29, 1.82) is 0 Å². The van der Waals surface area contributed by atoms with Crippen LogP contribution in [0.25, 0.3) is 0 Å². The molecule has 0 aliphatic carbocycles. The van der Waals surface area contributed by atoms with Crippen LogP contribution in [0.2, 0.25) is 5.02 Å². The van der Waals surface area contributed by atoms with Crippen LogP contribution in [-0.4, -0.2) is 22.2 Å². The van der Waals surface area contributed by atoms with E-state index in [9.17, 15) is 19.7 Å². The van der Waals surface area contributed by atoms with Gasteiger partial charge in [0.05, 0.1) is 10.7 Å². The number of hydrogen-bond acceptors (Lipinski definition) is 6. The molecule has 1 atom stereocenters. The lowest BCUT2D eigenvalue weighted by Crippen LogP contribution is -2.09. The van der Waals surface area contributed by atoms with E-state index in [2.05, 4.69) is 0 Å². The Balaban J connectivity index is 1.64. The molecule has 1 aliphatic rings. The monoisotopic (exact) mass is 419 g/mol. The molecule has 0 saturated heterocycles. The molecule has 0 unspecified atom stereocenters. The van der Waals surface area contributed by atoms with Gasteiger partial charge in [-0.3, -0.25) is 19.7 Å². The Labute approximate surface area is 169 Å². The number of carbonyl (C=O) groups excluding carboxylic acids is 2.